The summed E-state index contributed by atoms with van der Waals surface area (Å²) in [5, 5.41) is 0.952. The highest BCUT2D eigenvalue weighted by Gasteiger charge is 2.21. The van der Waals surface area contributed by atoms with Gasteiger partial charge in [-0.25, -0.2) is 0 Å². The molecule has 8 heteroatoms. The van der Waals surface area contributed by atoms with E-state index in [1.54, 1.807) is 11.3 Å². The number of carbonyl (C=O) groups excluding carboxylic acids is 3. The maximum Gasteiger partial charge on any atom is 0.311 e. The molecule has 0 spiro atoms. The van der Waals surface area contributed by atoms with Crippen LogP contribution in [-0.2, 0) is 9.59 Å². The van der Waals surface area contributed by atoms with Crippen LogP contribution < -0.4 is 14.2 Å². The fraction of sp³-hybridized carbons (Fsp3) is 0.625. The van der Waals surface area contributed by atoms with Gasteiger partial charge in [-0.2, -0.15) is 0 Å². The molecule has 0 fully saturated rings. The second-order valence-corrected chi connectivity index (χ2v) is 21.8. The minimum Gasteiger partial charge on any atom is -0.493 e. The van der Waals surface area contributed by atoms with Crippen LogP contribution in [0.4, 0.5) is 0 Å². The summed E-state index contributed by atoms with van der Waals surface area (Å²) in [6.07, 6.45) is 44.4. The molecule has 0 unspecified atom stereocenters. The summed E-state index contributed by atoms with van der Waals surface area (Å²) in [6.45, 7) is 5.96. The van der Waals surface area contributed by atoms with Crippen LogP contribution in [0.2, 0.25) is 0 Å². The SMILES string of the molecule is CCCCCCCCCCCCCCCCCC(=O)Oc1ccc(-c2sc3cc(OC(=O)CCCCCCCCCCCCCCCCC)ccc3c2-c2cc(OCCC3=NCCCC3)ccc2C=O)cc1. The quantitative estimate of drug-likeness (QED) is 0.0190. The van der Waals surface area contributed by atoms with Gasteiger partial charge in [0.05, 0.1) is 6.61 Å². The van der Waals surface area contributed by atoms with Gasteiger partial charge in [-0.3, -0.25) is 19.4 Å². The Hall–Kier alpha value is -4.30. The van der Waals surface area contributed by atoms with Crippen molar-refractivity contribution in [2.75, 3.05) is 13.2 Å². The number of aldehydes is 1. The summed E-state index contributed by atoms with van der Waals surface area (Å²) in [4.78, 5) is 44.3. The fourth-order valence-corrected chi connectivity index (χ4v) is 11.4. The van der Waals surface area contributed by atoms with Crippen molar-refractivity contribution < 1.29 is 28.6 Å². The Morgan fingerprint density at radius 1 is 0.542 bits per heavy atom. The largest absolute Gasteiger partial charge is 0.493 e. The Morgan fingerprint density at radius 2 is 1.01 bits per heavy atom. The van der Waals surface area contributed by atoms with E-state index in [2.05, 4.69) is 13.8 Å². The van der Waals surface area contributed by atoms with E-state index in [0.717, 1.165) is 102 Å². The molecule has 0 radical (unpaired) electrons. The first-order chi connectivity index (χ1) is 35.5. The fourth-order valence-electron chi connectivity index (χ4n) is 10.1. The van der Waals surface area contributed by atoms with E-state index in [4.69, 9.17) is 19.2 Å². The maximum atomic E-state index is 13.1. The number of hydrogen-bond donors (Lipinski definition) is 0. The normalized spacial score (nSPS) is 12.6. The molecule has 0 N–H and O–H groups in total. The number of benzene rings is 3. The Labute approximate surface area is 440 Å². The van der Waals surface area contributed by atoms with Crippen LogP contribution >= 0.6 is 11.3 Å². The van der Waals surface area contributed by atoms with Crippen molar-refractivity contribution in [3.63, 3.8) is 0 Å². The molecular weight excluding hydrogens is 911 g/mol. The molecule has 0 saturated heterocycles. The van der Waals surface area contributed by atoms with E-state index >= 15 is 0 Å². The number of ether oxygens (including phenoxy) is 3. The Morgan fingerprint density at radius 3 is 1.50 bits per heavy atom. The number of thiophene rings is 1. The third kappa shape index (κ3) is 22.9. The van der Waals surface area contributed by atoms with Gasteiger partial charge in [0.25, 0.3) is 0 Å². The molecule has 1 aliphatic heterocycles. The van der Waals surface area contributed by atoms with Gasteiger partial charge in [-0.05, 0) is 104 Å². The number of carbonyl (C=O) groups is 3. The highest BCUT2D eigenvalue weighted by molar-refractivity contribution is 7.23. The van der Waals surface area contributed by atoms with Crippen LogP contribution in [0.25, 0.3) is 31.7 Å². The predicted molar refractivity (Wildman–Crippen MR) is 305 cm³/mol. The summed E-state index contributed by atoms with van der Waals surface area (Å²) in [7, 11) is 0. The lowest BCUT2D eigenvalue weighted by Crippen LogP contribution is -2.10. The van der Waals surface area contributed by atoms with Gasteiger partial charge < -0.3 is 14.2 Å². The molecule has 5 rings (SSSR count). The predicted octanol–water partition coefficient (Wildman–Crippen LogP) is 19.8. The summed E-state index contributed by atoms with van der Waals surface area (Å²) in [6, 6.07) is 19.1. The molecule has 4 aromatic rings. The number of aliphatic imine (C=N–C) groups is 1. The summed E-state index contributed by atoms with van der Waals surface area (Å²) >= 11 is 1.59. The van der Waals surface area contributed by atoms with Crippen LogP contribution in [0, 0.1) is 0 Å². The van der Waals surface area contributed by atoms with E-state index in [9.17, 15) is 14.4 Å². The van der Waals surface area contributed by atoms with Crippen molar-refractivity contribution >= 4 is 45.4 Å². The third-order valence-corrected chi connectivity index (χ3v) is 15.7. The molecule has 0 amide bonds. The second kappa shape index (κ2) is 36.6. The number of rotatable bonds is 41. The zero-order chi connectivity index (χ0) is 50.7. The lowest BCUT2D eigenvalue weighted by molar-refractivity contribution is -0.135. The standard InChI is InChI=1S/C64H93NO6S/c1-3-5-7-9-11-13-15-17-19-21-23-25-27-29-31-36-61(67)70-55-41-38-52(39-42-55)64-63(59-49-56(43-40-53(59)51-66)69-48-46-54-35-33-34-47-65-54)58-45-44-57(50-60(58)72-64)71-62(68)37-32-30-28-26-24-22-20-18-16-14-12-10-8-6-4-2/h38-45,49-51H,3-37,46-48H2,1-2H3. The smallest absolute Gasteiger partial charge is 0.311 e. The minimum atomic E-state index is -0.210. The topological polar surface area (TPSA) is 91.3 Å². The van der Waals surface area contributed by atoms with Gasteiger partial charge in [0.2, 0.25) is 0 Å². The molecule has 1 aromatic heterocycles. The van der Waals surface area contributed by atoms with Crippen molar-refractivity contribution in [3.05, 3.63) is 66.2 Å². The Kier molecular flexibility index (Phi) is 29.8. The van der Waals surface area contributed by atoms with Crippen LogP contribution in [0.3, 0.4) is 0 Å². The highest BCUT2D eigenvalue weighted by atomic mass is 32.1. The van der Waals surface area contributed by atoms with Gasteiger partial charge in [0.1, 0.15) is 17.2 Å². The van der Waals surface area contributed by atoms with Crippen molar-refractivity contribution in [3.8, 4) is 38.8 Å². The lowest BCUT2D eigenvalue weighted by Gasteiger charge is -2.14. The first-order valence-corrected chi connectivity index (χ1v) is 30.1. The zero-order valence-corrected chi connectivity index (χ0v) is 45.8. The first kappa shape index (κ1) is 58.6. The van der Waals surface area contributed by atoms with Gasteiger partial charge in [0.15, 0.2) is 6.29 Å². The summed E-state index contributed by atoms with van der Waals surface area (Å²) in [5.41, 5.74) is 4.38. The number of unbranched alkanes of at least 4 members (excludes halogenated alkanes) is 28. The summed E-state index contributed by atoms with van der Waals surface area (Å²) < 4.78 is 19.0. The van der Waals surface area contributed by atoms with Crippen molar-refractivity contribution in [1.29, 1.82) is 0 Å². The number of hydrogen-bond acceptors (Lipinski definition) is 8. The third-order valence-electron chi connectivity index (χ3n) is 14.5. The van der Waals surface area contributed by atoms with Crippen LogP contribution in [-0.4, -0.2) is 37.1 Å². The van der Waals surface area contributed by atoms with Crippen LogP contribution in [0.5, 0.6) is 17.2 Å². The molecule has 0 aliphatic carbocycles. The van der Waals surface area contributed by atoms with E-state index in [1.165, 1.54) is 166 Å². The van der Waals surface area contributed by atoms with E-state index < -0.39 is 0 Å². The number of nitrogens with zero attached hydrogens (tertiary/aromatic N) is 1. The van der Waals surface area contributed by atoms with Crippen molar-refractivity contribution in [2.24, 2.45) is 4.99 Å². The highest BCUT2D eigenvalue weighted by Crippen LogP contribution is 2.47. The molecule has 0 saturated carbocycles. The van der Waals surface area contributed by atoms with E-state index in [1.807, 2.05) is 60.7 Å². The average molecular weight is 1000 g/mol. The molecule has 7 nitrogen and oxygen atoms in total. The van der Waals surface area contributed by atoms with Gasteiger partial charge in [-0.1, -0.05) is 194 Å². The zero-order valence-electron chi connectivity index (χ0n) is 45.0. The Balaban J connectivity index is 1.13. The molecule has 0 bridgehead atoms. The van der Waals surface area contributed by atoms with E-state index in [0.29, 0.717) is 42.3 Å². The van der Waals surface area contributed by atoms with Crippen LogP contribution in [0.15, 0.2) is 65.7 Å². The van der Waals surface area contributed by atoms with Gasteiger partial charge >= 0.3 is 11.9 Å². The summed E-state index contributed by atoms with van der Waals surface area (Å²) in [5.74, 6) is 1.31. The second-order valence-electron chi connectivity index (χ2n) is 20.7. The van der Waals surface area contributed by atoms with E-state index in [-0.39, 0.29) is 11.9 Å². The Bertz CT molecular complexity index is 2160. The first-order valence-electron chi connectivity index (χ1n) is 29.3. The number of fused-ring (bicyclic) bond motifs is 1. The maximum absolute atomic E-state index is 13.1. The van der Waals surface area contributed by atoms with Gasteiger partial charge in [0, 0.05) is 57.6 Å². The van der Waals surface area contributed by atoms with Crippen LogP contribution in [0.1, 0.15) is 255 Å². The average Bonchev–Trinajstić information content (AvgIpc) is 3.77. The van der Waals surface area contributed by atoms with Gasteiger partial charge in [-0.15, -0.1) is 11.3 Å². The molecule has 2 heterocycles. The molecular formula is C64H93NO6S. The number of esters is 2. The monoisotopic (exact) mass is 1000 g/mol. The molecule has 72 heavy (non-hydrogen) atoms. The lowest BCUT2D eigenvalue weighted by atomic mass is 9.95. The van der Waals surface area contributed by atoms with Crippen molar-refractivity contribution in [2.45, 2.75) is 245 Å². The molecule has 0 atom stereocenters. The minimum absolute atomic E-state index is 0.204. The molecule has 1 aliphatic rings. The molecule has 3 aromatic carbocycles. The van der Waals surface area contributed by atoms with Crippen molar-refractivity contribution in [1.82, 2.24) is 0 Å². The molecule has 396 valence electrons.